The van der Waals surface area contributed by atoms with Crippen molar-refractivity contribution in [2.75, 3.05) is 27.8 Å². The van der Waals surface area contributed by atoms with Gasteiger partial charge >= 0.3 is 0 Å². The lowest BCUT2D eigenvalue weighted by molar-refractivity contribution is -0.676. The van der Waals surface area contributed by atoms with E-state index in [0.29, 0.717) is 24.6 Å². The molecule has 1 heterocycles. The molecule has 3 rings (SSSR count). The summed E-state index contributed by atoms with van der Waals surface area (Å²) in [5.41, 5.74) is 3.31. The Morgan fingerprint density at radius 1 is 1.07 bits per heavy atom. The summed E-state index contributed by atoms with van der Waals surface area (Å²) in [6, 6.07) is 18.5. The highest BCUT2D eigenvalue weighted by Gasteiger charge is 2.21. The minimum absolute atomic E-state index is 0.0849. The number of quaternary nitrogens is 1. The largest absolute Gasteiger partial charge is 0.493 e. The lowest BCUT2D eigenvalue weighted by atomic mass is 10.1. The molecule has 0 aliphatic rings. The van der Waals surface area contributed by atoms with Gasteiger partial charge in [0.1, 0.15) is 6.04 Å². The van der Waals surface area contributed by atoms with Gasteiger partial charge in [0.2, 0.25) is 0 Å². The van der Waals surface area contributed by atoms with Crippen molar-refractivity contribution >= 4 is 17.2 Å². The number of amides is 1. The van der Waals surface area contributed by atoms with Crippen LogP contribution in [0.4, 0.5) is 0 Å². The van der Waals surface area contributed by atoms with Gasteiger partial charge in [-0.25, -0.2) is 0 Å². The third-order valence-electron chi connectivity index (χ3n) is 5.21. The number of rotatable bonds is 9. The summed E-state index contributed by atoms with van der Waals surface area (Å²) in [6.07, 6.45) is 0. The summed E-state index contributed by atoms with van der Waals surface area (Å²) >= 11 is 1.72. The number of methoxy groups -OCH3 is 2. The number of hydrogen-bond acceptors (Lipinski definition) is 4. The summed E-state index contributed by atoms with van der Waals surface area (Å²) in [7, 11) is 5.09. The fraction of sp³-hybridized carbons (Fsp3) is 0.292. The van der Waals surface area contributed by atoms with Gasteiger partial charge in [-0.05, 0) is 41.6 Å². The average Bonchev–Trinajstić information content (AvgIpc) is 3.30. The molecule has 2 N–H and O–H groups in total. The smallest absolute Gasteiger partial charge is 0.277 e. The number of carbonyl (C=O) groups excluding carboxylic acids is 1. The molecule has 1 atom stereocenters. The summed E-state index contributed by atoms with van der Waals surface area (Å²) in [4.78, 5) is 15.9. The lowest BCUT2D eigenvalue weighted by Gasteiger charge is -2.21. The van der Waals surface area contributed by atoms with Crippen molar-refractivity contribution in [3.05, 3.63) is 81.5 Å². The third kappa shape index (κ3) is 5.20. The van der Waals surface area contributed by atoms with Gasteiger partial charge < -0.3 is 19.7 Å². The van der Waals surface area contributed by atoms with Crippen molar-refractivity contribution < 1.29 is 19.6 Å². The Labute approximate surface area is 182 Å². The normalized spacial score (nSPS) is 11.7. The number of likely N-dealkylation sites (N-methyl/N-ethyl adjacent to an activating group) is 1. The molecular formula is C24H29N2O3S+. The molecule has 0 unspecified atom stereocenters. The van der Waals surface area contributed by atoms with Crippen LogP contribution in [0.5, 0.6) is 11.5 Å². The number of nitrogens with zero attached hydrogens (tertiary/aromatic N) is 1. The molecule has 0 aliphatic heterocycles. The summed E-state index contributed by atoms with van der Waals surface area (Å²) < 4.78 is 10.8. The maximum Gasteiger partial charge on any atom is 0.277 e. The van der Waals surface area contributed by atoms with Crippen molar-refractivity contribution in [1.29, 1.82) is 0 Å². The Balaban J connectivity index is 1.68. The van der Waals surface area contributed by atoms with E-state index >= 15 is 0 Å². The van der Waals surface area contributed by atoms with Crippen LogP contribution < -0.4 is 14.8 Å². The van der Waals surface area contributed by atoms with E-state index in [1.54, 1.807) is 30.5 Å². The Hall–Kier alpha value is -2.83. The number of nitrogens with two attached hydrogens (primary N) is 1. The fourth-order valence-electron chi connectivity index (χ4n) is 3.46. The highest BCUT2D eigenvalue weighted by atomic mass is 32.1. The van der Waals surface area contributed by atoms with Crippen LogP contribution in [-0.2, 0) is 11.3 Å². The highest BCUT2D eigenvalue weighted by Crippen LogP contribution is 2.30. The van der Waals surface area contributed by atoms with E-state index in [9.17, 15) is 4.79 Å². The zero-order valence-electron chi connectivity index (χ0n) is 17.9. The van der Waals surface area contributed by atoms with Gasteiger partial charge in [-0.2, -0.15) is 0 Å². The molecule has 0 radical (unpaired) electrons. The molecule has 2 aromatic carbocycles. The Morgan fingerprint density at radius 2 is 1.77 bits per heavy atom. The predicted molar refractivity (Wildman–Crippen MR) is 120 cm³/mol. The second kappa shape index (κ2) is 10.3. The van der Waals surface area contributed by atoms with Gasteiger partial charge in [0, 0.05) is 19.2 Å². The number of benzene rings is 2. The first kappa shape index (κ1) is 21.9. The molecule has 0 spiro atoms. The minimum atomic E-state index is 0.0849. The standard InChI is InChI=1S/C24H28N2O3S/c1-17-13-20(28-3)21(29-4)14-19(17)16-26(2)23(27)15-25-24(22-11-8-12-30-22)18-9-6-5-7-10-18/h5-14,24-25H,15-16H2,1-4H3/p+1/t24-/m1/s1. The molecule has 0 saturated heterocycles. The van der Waals surface area contributed by atoms with Crippen LogP contribution in [0.15, 0.2) is 60.0 Å². The number of hydrogen-bond donors (Lipinski definition) is 1. The van der Waals surface area contributed by atoms with E-state index in [2.05, 4.69) is 35.0 Å². The monoisotopic (exact) mass is 425 g/mol. The molecule has 0 bridgehead atoms. The second-order valence-corrected chi connectivity index (χ2v) is 8.21. The minimum Gasteiger partial charge on any atom is -0.493 e. The molecule has 1 amide bonds. The predicted octanol–water partition coefficient (Wildman–Crippen LogP) is 3.39. The van der Waals surface area contributed by atoms with Crippen molar-refractivity contribution in [3.63, 3.8) is 0 Å². The molecule has 6 heteroatoms. The summed E-state index contributed by atoms with van der Waals surface area (Å²) in [5, 5.41) is 4.19. The number of aryl methyl sites for hydroxylation is 1. The SMILES string of the molecule is COc1cc(C)c(CN(C)C(=O)C[NH2+][C@H](c2ccccc2)c2cccs2)cc1OC. The number of carbonyl (C=O) groups is 1. The van der Waals surface area contributed by atoms with Crippen LogP contribution in [0.2, 0.25) is 0 Å². The van der Waals surface area contributed by atoms with Crippen LogP contribution in [0.3, 0.4) is 0 Å². The van der Waals surface area contributed by atoms with Crippen molar-refractivity contribution in [1.82, 2.24) is 4.90 Å². The number of ether oxygens (including phenoxy) is 2. The van der Waals surface area contributed by atoms with Crippen LogP contribution in [0, 0.1) is 6.92 Å². The van der Waals surface area contributed by atoms with Crippen LogP contribution in [0.1, 0.15) is 27.6 Å². The van der Waals surface area contributed by atoms with E-state index in [1.807, 2.05) is 44.3 Å². The molecule has 3 aromatic rings. The van der Waals surface area contributed by atoms with E-state index < -0.39 is 0 Å². The Morgan fingerprint density at radius 3 is 2.40 bits per heavy atom. The van der Waals surface area contributed by atoms with Gasteiger partial charge in [-0.1, -0.05) is 36.4 Å². The fourth-order valence-corrected chi connectivity index (χ4v) is 4.31. The van der Waals surface area contributed by atoms with Crippen molar-refractivity contribution in [3.8, 4) is 11.5 Å². The first-order valence-electron chi connectivity index (χ1n) is 9.90. The van der Waals surface area contributed by atoms with Crippen LogP contribution in [0.25, 0.3) is 0 Å². The quantitative estimate of drug-likeness (QED) is 0.572. The highest BCUT2D eigenvalue weighted by molar-refractivity contribution is 7.10. The Bertz CT molecular complexity index is 958. The van der Waals surface area contributed by atoms with Crippen LogP contribution in [-0.4, -0.2) is 38.6 Å². The molecule has 0 aliphatic carbocycles. The maximum absolute atomic E-state index is 12.9. The first-order valence-corrected chi connectivity index (χ1v) is 10.8. The van der Waals surface area contributed by atoms with Crippen LogP contribution >= 0.6 is 11.3 Å². The van der Waals surface area contributed by atoms with Gasteiger partial charge in [-0.15, -0.1) is 11.3 Å². The van der Waals surface area contributed by atoms with E-state index in [0.717, 1.165) is 11.1 Å². The second-order valence-electron chi connectivity index (χ2n) is 7.23. The maximum atomic E-state index is 12.9. The van der Waals surface area contributed by atoms with Gasteiger partial charge in [0.15, 0.2) is 18.0 Å². The van der Waals surface area contributed by atoms with Gasteiger partial charge in [-0.3, -0.25) is 4.79 Å². The zero-order chi connectivity index (χ0) is 21.5. The topological polar surface area (TPSA) is 55.4 Å². The average molecular weight is 426 g/mol. The van der Waals surface area contributed by atoms with E-state index in [-0.39, 0.29) is 11.9 Å². The summed E-state index contributed by atoms with van der Waals surface area (Å²) in [5.74, 6) is 1.46. The van der Waals surface area contributed by atoms with Crippen molar-refractivity contribution in [2.45, 2.75) is 19.5 Å². The lowest BCUT2D eigenvalue weighted by Crippen LogP contribution is -2.87. The molecule has 0 fully saturated rings. The van der Waals surface area contributed by atoms with E-state index in [4.69, 9.17) is 9.47 Å². The van der Waals surface area contributed by atoms with E-state index in [1.165, 1.54) is 10.4 Å². The molecule has 1 aromatic heterocycles. The summed E-state index contributed by atoms with van der Waals surface area (Å²) in [6.45, 7) is 2.91. The molecule has 0 saturated carbocycles. The molecule has 5 nitrogen and oxygen atoms in total. The molecule has 30 heavy (non-hydrogen) atoms. The van der Waals surface area contributed by atoms with Gasteiger partial charge in [0.25, 0.3) is 5.91 Å². The first-order chi connectivity index (χ1) is 14.5. The molecular weight excluding hydrogens is 396 g/mol. The Kier molecular flexibility index (Phi) is 7.49. The van der Waals surface area contributed by atoms with Crippen molar-refractivity contribution in [2.24, 2.45) is 0 Å². The zero-order valence-corrected chi connectivity index (χ0v) is 18.7. The molecule has 158 valence electrons. The number of thiophene rings is 1. The van der Waals surface area contributed by atoms with Gasteiger partial charge in [0.05, 0.1) is 19.1 Å². The third-order valence-corrected chi connectivity index (χ3v) is 6.17.